The minimum atomic E-state index is -0.0849. The summed E-state index contributed by atoms with van der Waals surface area (Å²) in [4.78, 5) is 0. The Morgan fingerprint density at radius 1 is 1.40 bits per heavy atom. The van der Waals surface area contributed by atoms with Gasteiger partial charge in [-0.25, -0.2) is 0 Å². The highest BCUT2D eigenvalue weighted by molar-refractivity contribution is 9.10. The molecule has 7 heteroatoms. The summed E-state index contributed by atoms with van der Waals surface area (Å²) < 4.78 is 13.4. The van der Waals surface area contributed by atoms with Crippen molar-refractivity contribution < 1.29 is 9.47 Å². The maximum absolute atomic E-state index is 6.20. The van der Waals surface area contributed by atoms with Crippen LogP contribution in [-0.2, 0) is 4.74 Å². The molecule has 0 unspecified atom stereocenters. The Labute approximate surface area is 171 Å². The summed E-state index contributed by atoms with van der Waals surface area (Å²) in [6.45, 7) is 3.45. The molecule has 1 aromatic rings. The van der Waals surface area contributed by atoms with Crippen molar-refractivity contribution in [3.8, 4) is 5.75 Å². The smallest absolute Gasteiger partial charge is 0.225 e. The zero-order chi connectivity index (χ0) is 17.9. The summed E-state index contributed by atoms with van der Waals surface area (Å²) in [7, 11) is 0. The standard InChI is InChI=1S/C18H22BrNO2S3/c1-3-21-12-4-5-13(15(19)10-12)14-11-20-18(6-8-25-9-7-18)16(14)22-17(23)24-2/h4-5,10,20H,3,6-9,11H2,1-2H3. The molecule has 0 radical (unpaired) electrons. The molecule has 0 aliphatic carbocycles. The number of rotatable bonds is 4. The monoisotopic (exact) mass is 459 g/mol. The summed E-state index contributed by atoms with van der Waals surface area (Å²) in [5, 5.41) is 3.73. The van der Waals surface area contributed by atoms with Gasteiger partial charge in [0, 0.05) is 16.6 Å². The summed E-state index contributed by atoms with van der Waals surface area (Å²) in [6, 6.07) is 6.15. The van der Waals surface area contributed by atoms with Crippen LogP contribution in [0.3, 0.4) is 0 Å². The van der Waals surface area contributed by atoms with E-state index in [0.717, 1.165) is 52.4 Å². The van der Waals surface area contributed by atoms with Gasteiger partial charge in [0.1, 0.15) is 11.5 Å². The van der Waals surface area contributed by atoms with Gasteiger partial charge in [0.25, 0.3) is 0 Å². The lowest BCUT2D eigenvalue weighted by atomic mass is 9.89. The van der Waals surface area contributed by atoms with E-state index in [1.165, 1.54) is 17.3 Å². The molecule has 0 bridgehead atoms. The Bertz CT molecular complexity index is 687. The molecule has 3 rings (SSSR count). The average molecular weight is 460 g/mol. The molecule has 25 heavy (non-hydrogen) atoms. The largest absolute Gasteiger partial charge is 0.494 e. The maximum Gasteiger partial charge on any atom is 0.225 e. The van der Waals surface area contributed by atoms with Gasteiger partial charge in [0.05, 0.1) is 12.1 Å². The van der Waals surface area contributed by atoms with Gasteiger partial charge >= 0.3 is 0 Å². The predicted molar refractivity (Wildman–Crippen MR) is 117 cm³/mol. The normalized spacial score (nSPS) is 19.3. The van der Waals surface area contributed by atoms with Crippen LogP contribution in [0.4, 0.5) is 0 Å². The summed E-state index contributed by atoms with van der Waals surface area (Å²) >= 11 is 12.6. The van der Waals surface area contributed by atoms with Crippen LogP contribution >= 0.6 is 51.7 Å². The number of nitrogens with one attached hydrogen (secondary N) is 1. The van der Waals surface area contributed by atoms with E-state index in [1.807, 2.05) is 37.1 Å². The first-order chi connectivity index (χ1) is 12.1. The molecule has 3 nitrogen and oxygen atoms in total. The number of thiocarbonyl (C=S) groups is 1. The zero-order valence-electron chi connectivity index (χ0n) is 14.4. The van der Waals surface area contributed by atoms with E-state index in [0.29, 0.717) is 11.0 Å². The highest BCUT2D eigenvalue weighted by atomic mass is 79.9. The number of hydrogen-bond donors (Lipinski definition) is 1. The fourth-order valence-electron chi connectivity index (χ4n) is 3.33. The van der Waals surface area contributed by atoms with Crippen LogP contribution in [-0.4, -0.2) is 40.8 Å². The molecule has 136 valence electrons. The van der Waals surface area contributed by atoms with Crippen LogP contribution < -0.4 is 10.1 Å². The molecule has 1 saturated heterocycles. The van der Waals surface area contributed by atoms with Crippen LogP contribution in [0.1, 0.15) is 25.3 Å². The molecule has 2 aliphatic rings. The second kappa shape index (κ2) is 8.65. The third kappa shape index (κ3) is 4.21. The van der Waals surface area contributed by atoms with E-state index < -0.39 is 0 Å². The quantitative estimate of drug-likeness (QED) is 0.630. The van der Waals surface area contributed by atoms with Crippen LogP contribution in [0.15, 0.2) is 28.4 Å². The second-order valence-electron chi connectivity index (χ2n) is 5.99. The number of benzene rings is 1. The van der Waals surface area contributed by atoms with Crippen molar-refractivity contribution >= 4 is 61.6 Å². The van der Waals surface area contributed by atoms with Gasteiger partial charge in [-0.2, -0.15) is 11.8 Å². The minimum absolute atomic E-state index is 0.0849. The molecule has 0 atom stereocenters. The Morgan fingerprint density at radius 3 is 2.80 bits per heavy atom. The Morgan fingerprint density at radius 2 is 2.16 bits per heavy atom. The van der Waals surface area contributed by atoms with Gasteiger partial charge in [-0.3, -0.25) is 0 Å². The Balaban J connectivity index is 2.01. The Hall–Kier alpha value is -0.210. The van der Waals surface area contributed by atoms with Crippen molar-refractivity contribution in [3.63, 3.8) is 0 Å². The van der Waals surface area contributed by atoms with Crippen molar-refractivity contribution in [1.82, 2.24) is 5.32 Å². The molecular weight excluding hydrogens is 438 g/mol. The molecular formula is C18H22BrNO2S3. The van der Waals surface area contributed by atoms with Gasteiger partial charge < -0.3 is 14.8 Å². The molecule has 1 fully saturated rings. The third-order valence-corrected chi connectivity index (χ3v) is 7.23. The number of halogens is 1. The van der Waals surface area contributed by atoms with Crippen molar-refractivity contribution in [2.45, 2.75) is 25.3 Å². The third-order valence-electron chi connectivity index (χ3n) is 4.59. The summed E-state index contributed by atoms with van der Waals surface area (Å²) in [6.07, 6.45) is 4.10. The van der Waals surface area contributed by atoms with Crippen molar-refractivity contribution in [2.24, 2.45) is 0 Å². The second-order valence-corrected chi connectivity index (χ2v) is 9.47. The first kappa shape index (κ1) is 19.5. The lowest BCUT2D eigenvalue weighted by molar-refractivity contribution is 0.275. The average Bonchev–Trinajstić information content (AvgIpc) is 2.94. The van der Waals surface area contributed by atoms with Gasteiger partial charge in [0.2, 0.25) is 4.38 Å². The molecule has 1 N–H and O–H groups in total. The number of thioether (sulfide) groups is 2. The summed E-state index contributed by atoms with van der Waals surface area (Å²) in [5.74, 6) is 4.17. The first-order valence-electron chi connectivity index (χ1n) is 8.34. The molecule has 1 aromatic carbocycles. The van der Waals surface area contributed by atoms with Gasteiger partial charge in [0.15, 0.2) is 0 Å². The molecule has 2 heterocycles. The topological polar surface area (TPSA) is 30.5 Å². The van der Waals surface area contributed by atoms with Crippen molar-refractivity contribution in [1.29, 1.82) is 0 Å². The highest BCUT2D eigenvalue weighted by Gasteiger charge is 2.44. The molecule has 0 amide bonds. The predicted octanol–water partition coefficient (Wildman–Crippen LogP) is 5.09. The summed E-state index contributed by atoms with van der Waals surface area (Å²) in [5.41, 5.74) is 2.25. The molecule has 0 aromatic heterocycles. The molecule has 0 saturated carbocycles. The molecule has 2 aliphatic heterocycles. The van der Waals surface area contributed by atoms with E-state index in [2.05, 4.69) is 27.3 Å². The fraction of sp³-hybridized carbons (Fsp3) is 0.500. The van der Waals surface area contributed by atoms with Crippen LogP contribution in [0.5, 0.6) is 5.75 Å². The van der Waals surface area contributed by atoms with E-state index in [4.69, 9.17) is 21.7 Å². The number of ether oxygens (including phenoxy) is 2. The highest BCUT2D eigenvalue weighted by Crippen LogP contribution is 2.44. The minimum Gasteiger partial charge on any atom is -0.494 e. The van der Waals surface area contributed by atoms with Gasteiger partial charge in [-0.1, -0.05) is 27.7 Å². The van der Waals surface area contributed by atoms with Gasteiger partial charge in [-0.15, -0.1) is 0 Å². The lowest BCUT2D eigenvalue weighted by Gasteiger charge is -2.35. The lowest BCUT2D eigenvalue weighted by Crippen LogP contribution is -2.46. The number of hydrogen-bond acceptors (Lipinski definition) is 6. The van der Waals surface area contributed by atoms with Crippen molar-refractivity contribution in [3.05, 3.63) is 34.0 Å². The van der Waals surface area contributed by atoms with Crippen LogP contribution in [0, 0.1) is 0 Å². The van der Waals surface area contributed by atoms with E-state index in [9.17, 15) is 0 Å². The van der Waals surface area contributed by atoms with Crippen molar-refractivity contribution in [2.75, 3.05) is 30.9 Å². The van der Waals surface area contributed by atoms with E-state index in [1.54, 1.807) is 0 Å². The Kier molecular flexibility index (Phi) is 6.77. The maximum atomic E-state index is 6.20. The first-order valence-corrected chi connectivity index (χ1v) is 11.9. The zero-order valence-corrected chi connectivity index (χ0v) is 18.4. The van der Waals surface area contributed by atoms with Crippen LogP contribution in [0.2, 0.25) is 0 Å². The van der Waals surface area contributed by atoms with E-state index >= 15 is 0 Å². The SMILES string of the molecule is CCOc1ccc(C2=C(OC(=S)SC)C3(CCSCC3)NC2)c(Br)c1. The van der Waals surface area contributed by atoms with E-state index in [-0.39, 0.29) is 5.54 Å². The van der Waals surface area contributed by atoms with Crippen LogP contribution in [0.25, 0.3) is 5.57 Å². The molecule has 1 spiro atoms. The van der Waals surface area contributed by atoms with Gasteiger partial charge in [-0.05, 0) is 73.5 Å². The fourth-order valence-corrected chi connectivity index (χ4v) is 5.37.